The predicted molar refractivity (Wildman–Crippen MR) is 73.0 cm³/mol. The smallest absolute Gasteiger partial charge is 0.229 e. The van der Waals surface area contributed by atoms with E-state index in [9.17, 15) is 0 Å². The molecule has 1 aromatic heterocycles. The molecular weight excluding hydrogens is 226 g/mol. The number of nitrogens with two attached hydrogens (primary N) is 2. The summed E-state index contributed by atoms with van der Waals surface area (Å²) in [5.41, 5.74) is 16.4. The fourth-order valence-corrected chi connectivity index (χ4v) is 1.90. The number of nitrogen functional groups attached to an aromatic ring is 2. The molecule has 0 aliphatic rings. The van der Waals surface area contributed by atoms with Gasteiger partial charge >= 0.3 is 0 Å². The van der Waals surface area contributed by atoms with Crippen molar-refractivity contribution in [2.75, 3.05) is 11.5 Å². The Morgan fingerprint density at radius 3 is 2.61 bits per heavy atom. The van der Waals surface area contributed by atoms with Gasteiger partial charge in [-0.05, 0) is 30.7 Å². The first-order valence-electron chi connectivity index (χ1n) is 5.66. The van der Waals surface area contributed by atoms with E-state index in [0.29, 0.717) is 22.8 Å². The van der Waals surface area contributed by atoms with E-state index in [0.717, 1.165) is 16.6 Å². The predicted octanol–water partition coefficient (Wildman–Crippen LogP) is 2.97. The van der Waals surface area contributed by atoms with Gasteiger partial charge in [0.25, 0.3) is 0 Å². The minimum absolute atomic E-state index is 0.521. The zero-order valence-electron chi connectivity index (χ0n) is 9.97. The fraction of sp³-hybridized carbons (Fsp3) is 0.0714. The van der Waals surface area contributed by atoms with Crippen molar-refractivity contribution in [1.29, 1.82) is 0 Å². The first kappa shape index (κ1) is 10.7. The van der Waals surface area contributed by atoms with Gasteiger partial charge < -0.3 is 15.9 Å². The Labute approximate surface area is 104 Å². The second kappa shape index (κ2) is 3.77. The molecule has 0 atom stereocenters. The molecular formula is C14H13N3O. The van der Waals surface area contributed by atoms with E-state index in [1.165, 1.54) is 0 Å². The first-order valence-corrected chi connectivity index (χ1v) is 5.66. The van der Waals surface area contributed by atoms with Crippen LogP contribution >= 0.6 is 0 Å². The number of oxazole rings is 1. The van der Waals surface area contributed by atoms with Crippen molar-refractivity contribution in [2.24, 2.45) is 0 Å². The highest BCUT2D eigenvalue weighted by atomic mass is 16.3. The van der Waals surface area contributed by atoms with Crippen molar-refractivity contribution in [3.63, 3.8) is 0 Å². The Kier molecular flexibility index (Phi) is 2.23. The largest absolute Gasteiger partial charge is 0.436 e. The maximum atomic E-state index is 5.91. The van der Waals surface area contributed by atoms with Crippen molar-refractivity contribution < 1.29 is 4.42 Å². The van der Waals surface area contributed by atoms with Crippen molar-refractivity contribution in [3.05, 3.63) is 42.0 Å². The summed E-state index contributed by atoms with van der Waals surface area (Å²) < 4.78 is 5.70. The van der Waals surface area contributed by atoms with Gasteiger partial charge in [-0.2, -0.15) is 0 Å². The van der Waals surface area contributed by atoms with Gasteiger partial charge in [0.05, 0.1) is 5.56 Å². The standard InChI is InChI=1S/C14H13N3O/c1-8-6-12-13(7-11(8)16)18-14(17-12)9-4-2-3-5-10(9)15/h2-7H,15-16H2,1H3. The lowest BCUT2D eigenvalue weighted by atomic mass is 10.2. The Morgan fingerprint density at radius 1 is 1.06 bits per heavy atom. The third kappa shape index (κ3) is 1.59. The third-order valence-electron chi connectivity index (χ3n) is 2.97. The first-order chi connectivity index (χ1) is 8.65. The zero-order valence-corrected chi connectivity index (χ0v) is 9.97. The van der Waals surface area contributed by atoms with Gasteiger partial charge in [-0.1, -0.05) is 12.1 Å². The maximum absolute atomic E-state index is 5.91. The molecule has 0 aliphatic heterocycles. The molecule has 0 amide bonds. The van der Waals surface area contributed by atoms with E-state index in [-0.39, 0.29) is 0 Å². The van der Waals surface area contributed by atoms with Gasteiger partial charge in [0.1, 0.15) is 5.52 Å². The van der Waals surface area contributed by atoms with Gasteiger partial charge in [-0.15, -0.1) is 0 Å². The second-order valence-corrected chi connectivity index (χ2v) is 4.28. The molecule has 2 aromatic carbocycles. The van der Waals surface area contributed by atoms with Gasteiger partial charge in [-0.25, -0.2) is 4.98 Å². The summed E-state index contributed by atoms with van der Waals surface area (Å²) in [5, 5.41) is 0. The molecule has 0 aliphatic carbocycles. The summed E-state index contributed by atoms with van der Waals surface area (Å²) >= 11 is 0. The van der Waals surface area contributed by atoms with Crippen molar-refractivity contribution in [3.8, 4) is 11.5 Å². The molecule has 3 aromatic rings. The van der Waals surface area contributed by atoms with Crippen molar-refractivity contribution >= 4 is 22.5 Å². The lowest BCUT2D eigenvalue weighted by Gasteiger charge is -1.98. The van der Waals surface area contributed by atoms with Crippen LogP contribution in [0.3, 0.4) is 0 Å². The zero-order chi connectivity index (χ0) is 12.7. The van der Waals surface area contributed by atoms with Crippen molar-refractivity contribution in [1.82, 2.24) is 4.98 Å². The molecule has 0 fully saturated rings. The van der Waals surface area contributed by atoms with Gasteiger partial charge in [0, 0.05) is 17.4 Å². The lowest BCUT2D eigenvalue weighted by Crippen LogP contribution is -1.89. The molecule has 90 valence electrons. The number of anilines is 2. The van der Waals surface area contributed by atoms with Crippen LogP contribution in [0.25, 0.3) is 22.6 Å². The number of benzene rings is 2. The fourth-order valence-electron chi connectivity index (χ4n) is 1.90. The van der Waals surface area contributed by atoms with Crippen LogP contribution in [-0.2, 0) is 0 Å². The molecule has 0 unspecified atom stereocenters. The Balaban J connectivity index is 2.23. The van der Waals surface area contributed by atoms with E-state index >= 15 is 0 Å². The highest BCUT2D eigenvalue weighted by Gasteiger charge is 2.11. The lowest BCUT2D eigenvalue weighted by molar-refractivity contribution is 0.620. The van der Waals surface area contributed by atoms with Crippen LogP contribution in [0.5, 0.6) is 0 Å². The number of para-hydroxylation sites is 1. The van der Waals surface area contributed by atoms with Crippen LogP contribution in [0.1, 0.15) is 5.56 Å². The molecule has 4 nitrogen and oxygen atoms in total. The number of rotatable bonds is 1. The maximum Gasteiger partial charge on any atom is 0.229 e. The molecule has 4 heteroatoms. The summed E-state index contributed by atoms with van der Waals surface area (Å²) in [6.07, 6.45) is 0. The average molecular weight is 239 g/mol. The summed E-state index contributed by atoms with van der Waals surface area (Å²) in [7, 11) is 0. The number of aryl methyl sites for hydroxylation is 1. The van der Waals surface area contributed by atoms with Crippen LogP contribution in [0.15, 0.2) is 40.8 Å². The summed E-state index contributed by atoms with van der Waals surface area (Å²) in [4.78, 5) is 4.44. The second-order valence-electron chi connectivity index (χ2n) is 4.28. The topological polar surface area (TPSA) is 78.1 Å². The Bertz CT molecular complexity index is 692. The van der Waals surface area contributed by atoms with Gasteiger partial charge in [0.15, 0.2) is 5.58 Å². The highest BCUT2D eigenvalue weighted by molar-refractivity contribution is 5.82. The van der Waals surface area contributed by atoms with E-state index in [1.54, 1.807) is 6.07 Å². The van der Waals surface area contributed by atoms with Crippen LogP contribution in [0, 0.1) is 6.92 Å². The molecule has 1 heterocycles. The monoisotopic (exact) mass is 239 g/mol. The van der Waals surface area contributed by atoms with E-state index in [2.05, 4.69) is 4.98 Å². The van der Waals surface area contributed by atoms with E-state index < -0.39 is 0 Å². The number of nitrogens with zero attached hydrogens (tertiary/aromatic N) is 1. The molecule has 3 rings (SSSR count). The Morgan fingerprint density at radius 2 is 1.83 bits per heavy atom. The van der Waals surface area contributed by atoms with Crippen LogP contribution in [-0.4, -0.2) is 4.98 Å². The van der Waals surface area contributed by atoms with E-state index in [1.807, 2.05) is 37.3 Å². The minimum atomic E-state index is 0.521. The van der Waals surface area contributed by atoms with Crippen LogP contribution < -0.4 is 11.5 Å². The van der Waals surface area contributed by atoms with Crippen LogP contribution in [0.2, 0.25) is 0 Å². The quantitative estimate of drug-likeness (QED) is 0.640. The average Bonchev–Trinajstić information content (AvgIpc) is 2.73. The number of aromatic nitrogens is 1. The van der Waals surface area contributed by atoms with Crippen molar-refractivity contribution in [2.45, 2.75) is 6.92 Å². The highest BCUT2D eigenvalue weighted by Crippen LogP contribution is 2.30. The molecule has 0 radical (unpaired) electrons. The number of fused-ring (bicyclic) bond motifs is 1. The molecule has 0 bridgehead atoms. The summed E-state index contributed by atoms with van der Waals surface area (Å²) in [5.74, 6) is 0.521. The Hall–Kier alpha value is -2.49. The summed E-state index contributed by atoms with van der Waals surface area (Å²) in [6.45, 7) is 1.94. The van der Waals surface area contributed by atoms with Gasteiger partial charge in [0.2, 0.25) is 5.89 Å². The SMILES string of the molecule is Cc1cc2nc(-c3ccccc3N)oc2cc1N. The molecule has 4 N–H and O–H groups in total. The minimum Gasteiger partial charge on any atom is -0.436 e. The molecule has 18 heavy (non-hydrogen) atoms. The van der Waals surface area contributed by atoms with Crippen LogP contribution in [0.4, 0.5) is 11.4 Å². The van der Waals surface area contributed by atoms with E-state index in [4.69, 9.17) is 15.9 Å². The summed E-state index contributed by atoms with van der Waals surface area (Å²) in [6, 6.07) is 11.2. The molecule has 0 saturated carbocycles. The third-order valence-corrected chi connectivity index (χ3v) is 2.97. The molecule has 0 spiro atoms. The molecule has 0 saturated heterocycles. The normalized spacial score (nSPS) is 10.9. The van der Waals surface area contributed by atoms with Gasteiger partial charge in [-0.3, -0.25) is 0 Å². The number of hydrogen-bond acceptors (Lipinski definition) is 4. The number of hydrogen-bond donors (Lipinski definition) is 2.